The minimum atomic E-state index is -0.289. The summed E-state index contributed by atoms with van der Waals surface area (Å²) >= 11 is 1.42. The van der Waals surface area contributed by atoms with Gasteiger partial charge in [-0.2, -0.15) is 0 Å². The highest BCUT2D eigenvalue weighted by molar-refractivity contribution is 7.13. The first kappa shape index (κ1) is 21.8. The summed E-state index contributed by atoms with van der Waals surface area (Å²) in [5, 5.41) is 5.66. The molecular weight excluding hydrogens is 384 g/mol. The standard InChI is InChI=1S/C17H20FN3OS.2ClH/c18-13-5-3-4-12(8-13)16-20-14(10-23-16)9-15(22)21-17(11-19)6-1-2-7-17;;/h3-5,8,10H,1-2,6-7,9,11,19H2,(H,21,22);2*1H. The van der Waals surface area contributed by atoms with E-state index in [-0.39, 0.29) is 48.5 Å². The molecule has 0 radical (unpaired) electrons. The number of rotatable bonds is 5. The molecule has 0 saturated heterocycles. The van der Waals surface area contributed by atoms with Crippen molar-refractivity contribution in [3.8, 4) is 10.6 Å². The van der Waals surface area contributed by atoms with E-state index in [9.17, 15) is 9.18 Å². The van der Waals surface area contributed by atoms with Crippen molar-refractivity contribution in [3.63, 3.8) is 0 Å². The second kappa shape index (κ2) is 9.48. The largest absolute Gasteiger partial charge is 0.349 e. The lowest BCUT2D eigenvalue weighted by molar-refractivity contribution is -0.122. The Balaban J connectivity index is 0.00000156. The average molecular weight is 406 g/mol. The summed E-state index contributed by atoms with van der Waals surface area (Å²) < 4.78 is 13.3. The minimum Gasteiger partial charge on any atom is -0.349 e. The third-order valence-corrected chi connectivity index (χ3v) is 5.26. The van der Waals surface area contributed by atoms with E-state index in [2.05, 4.69) is 10.3 Å². The first-order valence-corrected chi connectivity index (χ1v) is 8.70. The molecule has 1 heterocycles. The Morgan fingerprint density at radius 2 is 2.04 bits per heavy atom. The number of nitrogens with zero attached hydrogens (tertiary/aromatic N) is 1. The molecule has 0 spiro atoms. The van der Waals surface area contributed by atoms with Crippen molar-refractivity contribution in [3.05, 3.63) is 41.2 Å². The highest BCUT2D eigenvalue weighted by Crippen LogP contribution is 2.29. The van der Waals surface area contributed by atoms with Crippen LogP contribution in [0.15, 0.2) is 29.6 Å². The van der Waals surface area contributed by atoms with Crippen LogP contribution in [-0.2, 0) is 11.2 Å². The molecule has 0 aliphatic heterocycles. The van der Waals surface area contributed by atoms with Crippen LogP contribution in [0.25, 0.3) is 10.6 Å². The molecule has 1 saturated carbocycles. The molecular formula is C17H22Cl2FN3OS. The minimum absolute atomic E-state index is 0. The molecule has 0 unspecified atom stereocenters. The van der Waals surface area contributed by atoms with Gasteiger partial charge in [0.1, 0.15) is 10.8 Å². The van der Waals surface area contributed by atoms with Gasteiger partial charge in [-0.3, -0.25) is 4.79 Å². The van der Waals surface area contributed by atoms with Crippen LogP contribution in [0.1, 0.15) is 31.4 Å². The highest BCUT2D eigenvalue weighted by Gasteiger charge is 2.33. The summed E-state index contributed by atoms with van der Waals surface area (Å²) in [5.41, 5.74) is 7.04. The van der Waals surface area contributed by atoms with E-state index in [0.29, 0.717) is 12.2 Å². The Kier molecular flexibility index (Phi) is 8.28. The van der Waals surface area contributed by atoms with Crippen LogP contribution in [0.3, 0.4) is 0 Å². The molecule has 138 valence electrons. The van der Waals surface area contributed by atoms with E-state index in [4.69, 9.17) is 5.73 Å². The van der Waals surface area contributed by atoms with E-state index in [1.807, 2.05) is 11.4 Å². The number of carbonyl (C=O) groups is 1. The second-order valence-corrected chi connectivity index (χ2v) is 6.93. The number of hydrogen-bond acceptors (Lipinski definition) is 4. The molecule has 1 aromatic carbocycles. The molecule has 0 bridgehead atoms. The van der Waals surface area contributed by atoms with Gasteiger partial charge in [-0.1, -0.05) is 25.0 Å². The second-order valence-electron chi connectivity index (χ2n) is 6.07. The number of benzene rings is 1. The van der Waals surface area contributed by atoms with Gasteiger partial charge in [0.15, 0.2) is 0 Å². The van der Waals surface area contributed by atoms with Crippen LogP contribution >= 0.6 is 36.2 Å². The fourth-order valence-electron chi connectivity index (χ4n) is 3.08. The first-order chi connectivity index (χ1) is 11.1. The third kappa shape index (κ3) is 5.38. The maximum atomic E-state index is 13.3. The van der Waals surface area contributed by atoms with Crippen molar-refractivity contribution in [1.82, 2.24) is 10.3 Å². The number of hydrogen-bond donors (Lipinski definition) is 2. The van der Waals surface area contributed by atoms with Crippen LogP contribution in [0.2, 0.25) is 0 Å². The summed E-state index contributed by atoms with van der Waals surface area (Å²) in [4.78, 5) is 16.7. The molecule has 3 N–H and O–H groups in total. The molecule has 2 aromatic rings. The van der Waals surface area contributed by atoms with Crippen molar-refractivity contribution in [2.24, 2.45) is 5.73 Å². The summed E-state index contributed by atoms with van der Waals surface area (Å²) in [6.07, 6.45) is 4.34. The van der Waals surface area contributed by atoms with Crippen molar-refractivity contribution >= 4 is 42.1 Å². The monoisotopic (exact) mass is 405 g/mol. The Bertz CT molecular complexity index is 705. The Hall–Kier alpha value is -1.21. The quantitative estimate of drug-likeness (QED) is 0.795. The van der Waals surface area contributed by atoms with Crippen molar-refractivity contribution < 1.29 is 9.18 Å². The Morgan fingerprint density at radius 1 is 1.32 bits per heavy atom. The fourth-order valence-corrected chi connectivity index (χ4v) is 3.90. The summed E-state index contributed by atoms with van der Waals surface area (Å²) in [5.74, 6) is -0.337. The van der Waals surface area contributed by atoms with Crippen LogP contribution < -0.4 is 11.1 Å². The number of carbonyl (C=O) groups excluding carboxylic acids is 1. The van der Waals surface area contributed by atoms with E-state index in [0.717, 1.165) is 36.3 Å². The number of amides is 1. The Labute approximate surface area is 163 Å². The van der Waals surface area contributed by atoms with Crippen molar-refractivity contribution in [1.29, 1.82) is 0 Å². The van der Waals surface area contributed by atoms with Gasteiger partial charge >= 0.3 is 0 Å². The van der Waals surface area contributed by atoms with Gasteiger partial charge in [0, 0.05) is 17.5 Å². The van der Waals surface area contributed by atoms with Gasteiger partial charge in [-0.25, -0.2) is 9.37 Å². The van der Waals surface area contributed by atoms with Crippen LogP contribution in [0.4, 0.5) is 4.39 Å². The zero-order valence-corrected chi connectivity index (χ0v) is 16.1. The van der Waals surface area contributed by atoms with Gasteiger partial charge in [0.05, 0.1) is 17.7 Å². The maximum absolute atomic E-state index is 13.3. The molecule has 1 fully saturated rings. The molecule has 25 heavy (non-hydrogen) atoms. The molecule has 1 aliphatic rings. The molecule has 8 heteroatoms. The lowest BCUT2D eigenvalue weighted by Crippen LogP contribution is -2.52. The average Bonchev–Trinajstić information content (AvgIpc) is 3.17. The number of halogens is 3. The highest BCUT2D eigenvalue weighted by atomic mass is 35.5. The van der Waals surface area contributed by atoms with Gasteiger partial charge in [0.25, 0.3) is 0 Å². The van der Waals surface area contributed by atoms with Crippen LogP contribution in [0, 0.1) is 5.82 Å². The molecule has 0 atom stereocenters. The lowest BCUT2D eigenvalue weighted by Gasteiger charge is -2.28. The normalized spacial score (nSPS) is 15.1. The molecule has 3 rings (SSSR count). The molecule has 1 amide bonds. The Morgan fingerprint density at radius 3 is 2.68 bits per heavy atom. The number of aromatic nitrogens is 1. The zero-order chi connectivity index (χ0) is 16.3. The molecule has 1 aromatic heterocycles. The van der Waals surface area contributed by atoms with Gasteiger partial charge in [-0.15, -0.1) is 36.2 Å². The zero-order valence-electron chi connectivity index (χ0n) is 13.7. The third-order valence-electron chi connectivity index (χ3n) is 4.32. The molecule has 4 nitrogen and oxygen atoms in total. The SMILES string of the molecule is Cl.Cl.NCC1(NC(=O)Cc2csc(-c3cccc(F)c3)n2)CCCC1. The number of nitrogens with two attached hydrogens (primary N) is 1. The van der Waals surface area contributed by atoms with E-state index >= 15 is 0 Å². The first-order valence-electron chi connectivity index (χ1n) is 7.82. The predicted molar refractivity (Wildman–Crippen MR) is 104 cm³/mol. The van der Waals surface area contributed by atoms with E-state index in [1.54, 1.807) is 6.07 Å². The van der Waals surface area contributed by atoms with E-state index < -0.39 is 0 Å². The lowest BCUT2D eigenvalue weighted by atomic mass is 9.97. The van der Waals surface area contributed by atoms with Gasteiger partial charge < -0.3 is 11.1 Å². The van der Waals surface area contributed by atoms with Gasteiger partial charge in [0.2, 0.25) is 5.91 Å². The number of thiazole rings is 1. The smallest absolute Gasteiger partial charge is 0.226 e. The summed E-state index contributed by atoms with van der Waals surface area (Å²) in [7, 11) is 0. The summed E-state index contributed by atoms with van der Waals surface area (Å²) in [6, 6.07) is 6.32. The predicted octanol–water partition coefficient (Wildman–Crippen LogP) is 3.72. The number of nitrogens with one attached hydrogen (secondary N) is 1. The molecule has 1 aliphatic carbocycles. The van der Waals surface area contributed by atoms with Crippen molar-refractivity contribution in [2.75, 3.05) is 6.54 Å². The van der Waals surface area contributed by atoms with Crippen LogP contribution in [0.5, 0.6) is 0 Å². The van der Waals surface area contributed by atoms with E-state index in [1.165, 1.54) is 23.5 Å². The summed E-state index contributed by atoms with van der Waals surface area (Å²) in [6.45, 7) is 0.477. The van der Waals surface area contributed by atoms with Crippen LogP contribution in [-0.4, -0.2) is 23.0 Å². The fraction of sp³-hybridized carbons (Fsp3) is 0.412. The van der Waals surface area contributed by atoms with Crippen molar-refractivity contribution in [2.45, 2.75) is 37.6 Å². The van der Waals surface area contributed by atoms with Gasteiger partial charge in [-0.05, 0) is 25.0 Å². The topological polar surface area (TPSA) is 68.0 Å². The maximum Gasteiger partial charge on any atom is 0.226 e.